The Morgan fingerprint density at radius 3 is 3.00 bits per heavy atom. The standard InChI is InChI=1S/C17H16N2OS/c1-10(20)17-15(11-7-8-11)16(19-21-17)13-4-2-6-14-12(13)5-3-9-18-14/h2-6,11,18H,7-9H2,1H3. The van der Waals surface area contributed by atoms with Crippen molar-refractivity contribution in [1.29, 1.82) is 0 Å². The smallest absolute Gasteiger partial charge is 0.171 e. The van der Waals surface area contributed by atoms with Gasteiger partial charge in [0, 0.05) is 35.8 Å². The van der Waals surface area contributed by atoms with Gasteiger partial charge in [0.05, 0.1) is 10.6 Å². The van der Waals surface area contributed by atoms with Crippen LogP contribution < -0.4 is 5.32 Å². The van der Waals surface area contributed by atoms with Crippen molar-refractivity contribution in [3.05, 3.63) is 40.3 Å². The molecule has 2 aromatic rings. The fraction of sp³-hybridized carbons (Fsp3) is 0.294. The number of nitrogens with zero attached hydrogens (tertiary/aromatic N) is 1. The van der Waals surface area contributed by atoms with Gasteiger partial charge in [-0.2, -0.15) is 4.37 Å². The van der Waals surface area contributed by atoms with Crippen LogP contribution in [-0.2, 0) is 0 Å². The molecule has 106 valence electrons. The van der Waals surface area contributed by atoms with Crippen molar-refractivity contribution in [1.82, 2.24) is 4.37 Å². The fourth-order valence-corrected chi connectivity index (χ4v) is 3.82. The molecule has 1 saturated carbocycles. The highest BCUT2D eigenvalue weighted by atomic mass is 32.1. The van der Waals surface area contributed by atoms with Crippen LogP contribution in [0.1, 0.15) is 46.5 Å². The Kier molecular flexibility index (Phi) is 2.93. The Morgan fingerprint density at radius 2 is 2.24 bits per heavy atom. The Hall–Kier alpha value is -1.94. The number of hydrogen-bond acceptors (Lipinski definition) is 4. The molecule has 1 aromatic carbocycles. The second kappa shape index (κ2) is 4.81. The molecule has 0 atom stereocenters. The summed E-state index contributed by atoms with van der Waals surface area (Å²) in [6.07, 6.45) is 6.63. The second-order valence-electron chi connectivity index (χ2n) is 5.65. The summed E-state index contributed by atoms with van der Waals surface area (Å²) in [5.74, 6) is 0.660. The van der Waals surface area contributed by atoms with Gasteiger partial charge in [-0.3, -0.25) is 4.79 Å². The molecule has 0 spiro atoms. The molecule has 0 saturated heterocycles. The van der Waals surface area contributed by atoms with Crippen LogP contribution in [0.2, 0.25) is 0 Å². The van der Waals surface area contributed by atoms with Gasteiger partial charge in [0.25, 0.3) is 0 Å². The molecule has 2 aliphatic rings. The largest absolute Gasteiger partial charge is 0.381 e. The van der Waals surface area contributed by atoms with Gasteiger partial charge in [0.2, 0.25) is 0 Å². The lowest BCUT2D eigenvalue weighted by Crippen LogP contribution is -2.05. The van der Waals surface area contributed by atoms with Crippen molar-refractivity contribution in [2.75, 3.05) is 11.9 Å². The summed E-state index contributed by atoms with van der Waals surface area (Å²) in [5, 5.41) is 3.39. The first-order valence-corrected chi connectivity index (χ1v) is 8.07. The molecule has 0 unspecified atom stereocenters. The fourth-order valence-electron chi connectivity index (χ4n) is 2.95. The molecule has 3 nitrogen and oxygen atoms in total. The first kappa shape index (κ1) is 12.8. The van der Waals surface area contributed by atoms with E-state index < -0.39 is 0 Å². The molecule has 21 heavy (non-hydrogen) atoms. The van der Waals surface area contributed by atoms with Crippen LogP contribution in [0, 0.1) is 0 Å². The first-order chi connectivity index (χ1) is 10.3. The minimum absolute atomic E-state index is 0.138. The predicted octanol–water partition coefficient (Wildman–Crippen LogP) is 4.33. The number of benzene rings is 1. The summed E-state index contributed by atoms with van der Waals surface area (Å²) in [7, 11) is 0. The Labute approximate surface area is 127 Å². The van der Waals surface area contributed by atoms with Gasteiger partial charge in [-0.1, -0.05) is 24.3 Å². The van der Waals surface area contributed by atoms with Gasteiger partial charge in [0.1, 0.15) is 0 Å². The van der Waals surface area contributed by atoms with Crippen LogP contribution in [0.25, 0.3) is 17.3 Å². The lowest BCUT2D eigenvalue weighted by atomic mass is 9.95. The average Bonchev–Trinajstić information content (AvgIpc) is 3.25. The zero-order chi connectivity index (χ0) is 14.4. The summed E-state index contributed by atoms with van der Waals surface area (Å²) >= 11 is 1.35. The molecule has 1 fully saturated rings. The van der Waals surface area contributed by atoms with Crippen LogP contribution in [0.5, 0.6) is 0 Å². The zero-order valence-electron chi connectivity index (χ0n) is 11.8. The zero-order valence-corrected chi connectivity index (χ0v) is 12.7. The van der Waals surface area contributed by atoms with E-state index in [1.165, 1.54) is 35.5 Å². The lowest BCUT2D eigenvalue weighted by molar-refractivity contribution is 0.102. The number of fused-ring (bicyclic) bond motifs is 1. The van der Waals surface area contributed by atoms with Crippen molar-refractivity contribution in [3.63, 3.8) is 0 Å². The minimum Gasteiger partial charge on any atom is -0.381 e. The van der Waals surface area contributed by atoms with E-state index in [0.717, 1.165) is 28.4 Å². The maximum absolute atomic E-state index is 11.9. The number of hydrogen-bond donors (Lipinski definition) is 1. The SMILES string of the molecule is CC(=O)c1snc(-c2cccc3c2C=CCN3)c1C1CC1. The van der Waals surface area contributed by atoms with Crippen molar-refractivity contribution in [3.8, 4) is 11.3 Å². The number of rotatable bonds is 3. The van der Waals surface area contributed by atoms with Gasteiger partial charge in [-0.15, -0.1) is 0 Å². The maximum Gasteiger partial charge on any atom is 0.171 e. The van der Waals surface area contributed by atoms with Crippen molar-refractivity contribution < 1.29 is 4.79 Å². The van der Waals surface area contributed by atoms with Crippen LogP contribution in [0.4, 0.5) is 5.69 Å². The highest BCUT2D eigenvalue weighted by Gasteiger charge is 2.33. The highest BCUT2D eigenvalue weighted by molar-refractivity contribution is 7.08. The van der Waals surface area contributed by atoms with Crippen LogP contribution in [0.3, 0.4) is 0 Å². The first-order valence-electron chi connectivity index (χ1n) is 7.30. The van der Waals surface area contributed by atoms with Crippen molar-refractivity contribution >= 4 is 29.1 Å². The van der Waals surface area contributed by atoms with Crippen molar-refractivity contribution in [2.24, 2.45) is 0 Å². The summed E-state index contributed by atoms with van der Waals surface area (Å²) in [6, 6.07) is 6.27. The van der Waals surface area contributed by atoms with Crippen LogP contribution >= 0.6 is 11.5 Å². The summed E-state index contributed by atoms with van der Waals surface area (Å²) in [6.45, 7) is 2.51. The number of ketones is 1. The molecular formula is C17H16N2OS. The van der Waals surface area contributed by atoms with E-state index in [0.29, 0.717) is 5.92 Å². The molecule has 0 radical (unpaired) electrons. The second-order valence-corrected chi connectivity index (χ2v) is 6.43. The number of anilines is 1. The number of carbonyl (C=O) groups is 1. The average molecular weight is 296 g/mol. The molecule has 1 aliphatic carbocycles. The normalized spacial score (nSPS) is 16.4. The number of Topliss-reactive ketones (excluding diaryl/α,β-unsaturated/α-hetero) is 1. The molecule has 1 N–H and O–H groups in total. The number of aromatic nitrogens is 1. The molecule has 0 amide bonds. The predicted molar refractivity (Wildman–Crippen MR) is 87.1 cm³/mol. The Bertz CT molecular complexity index is 756. The van der Waals surface area contributed by atoms with Gasteiger partial charge in [-0.05, 0) is 36.4 Å². The third-order valence-electron chi connectivity index (χ3n) is 4.09. The molecule has 2 heterocycles. The Balaban J connectivity index is 1.92. The molecular weight excluding hydrogens is 280 g/mol. The third-order valence-corrected chi connectivity index (χ3v) is 5.05. The topological polar surface area (TPSA) is 42.0 Å². The molecule has 1 aliphatic heterocycles. The lowest BCUT2D eigenvalue weighted by Gasteiger charge is -2.16. The maximum atomic E-state index is 11.9. The minimum atomic E-state index is 0.138. The molecule has 4 heteroatoms. The van der Waals surface area contributed by atoms with Gasteiger partial charge < -0.3 is 5.32 Å². The van der Waals surface area contributed by atoms with E-state index in [-0.39, 0.29) is 5.78 Å². The van der Waals surface area contributed by atoms with Crippen LogP contribution in [0.15, 0.2) is 24.3 Å². The van der Waals surface area contributed by atoms with E-state index >= 15 is 0 Å². The van der Waals surface area contributed by atoms with E-state index in [1.54, 1.807) is 6.92 Å². The van der Waals surface area contributed by atoms with E-state index in [4.69, 9.17) is 0 Å². The molecule has 4 rings (SSSR count). The van der Waals surface area contributed by atoms with Gasteiger partial charge in [-0.25, -0.2) is 0 Å². The van der Waals surface area contributed by atoms with E-state index in [9.17, 15) is 4.79 Å². The van der Waals surface area contributed by atoms with E-state index in [2.05, 4.69) is 40.0 Å². The number of nitrogens with one attached hydrogen (secondary N) is 1. The van der Waals surface area contributed by atoms with Crippen molar-refractivity contribution in [2.45, 2.75) is 25.7 Å². The quantitative estimate of drug-likeness (QED) is 0.857. The monoisotopic (exact) mass is 296 g/mol. The summed E-state index contributed by atoms with van der Waals surface area (Å²) in [4.78, 5) is 12.7. The Morgan fingerprint density at radius 1 is 1.38 bits per heavy atom. The molecule has 1 aromatic heterocycles. The molecule has 0 bridgehead atoms. The summed E-state index contributed by atoms with van der Waals surface area (Å²) in [5.41, 5.74) is 5.67. The third kappa shape index (κ3) is 2.10. The van der Waals surface area contributed by atoms with Gasteiger partial charge >= 0.3 is 0 Å². The van der Waals surface area contributed by atoms with E-state index in [1.807, 2.05) is 0 Å². The summed E-state index contributed by atoms with van der Waals surface area (Å²) < 4.78 is 4.64. The van der Waals surface area contributed by atoms with Gasteiger partial charge in [0.15, 0.2) is 5.78 Å². The van der Waals surface area contributed by atoms with Crippen LogP contribution in [-0.4, -0.2) is 16.7 Å². The number of carbonyl (C=O) groups excluding carboxylic acids is 1. The highest BCUT2D eigenvalue weighted by Crippen LogP contribution is 2.48.